The number of fused-ring (bicyclic) bond motifs is 2. The van der Waals surface area contributed by atoms with E-state index in [0.29, 0.717) is 24.2 Å². The zero-order valence-corrected chi connectivity index (χ0v) is 28.2. The van der Waals surface area contributed by atoms with E-state index < -0.39 is 13.1 Å². The topological polar surface area (TPSA) is 76.0 Å². The number of carbonyl (C=O) groups excluding carboxylic acids is 1. The third kappa shape index (κ3) is 8.03. The summed E-state index contributed by atoms with van der Waals surface area (Å²) in [5.41, 5.74) is 0.733. The Labute approximate surface area is 282 Å². The molecule has 6 rings (SSSR count). The molecule has 0 unspecified atom stereocenters. The first-order valence-corrected chi connectivity index (χ1v) is 19.2. The molecule has 12 heteroatoms. The minimum absolute atomic E-state index is 0.337. The van der Waals surface area contributed by atoms with Crippen molar-refractivity contribution in [2.24, 2.45) is 0 Å². The monoisotopic (exact) mass is 694 g/mol. The van der Waals surface area contributed by atoms with Gasteiger partial charge in [0.2, 0.25) is 0 Å². The second kappa shape index (κ2) is 15.5. The molecule has 0 bridgehead atoms. The molecule has 0 aliphatic carbocycles. The van der Waals surface area contributed by atoms with Crippen LogP contribution in [0, 0.1) is 0 Å². The Balaban J connectivity index is 0.905. The van der Waals surface area contributed by atoms with Crippen LogP contribution in [0.3, 0.4) is 0 Å². The van der Waals surface area contributed by atoms with E-state index >= 15 is 0 Å². The Morgan fingerprint density at radius 2 is 1.34 bits per heavy atom. The lowest BCUT2D eigenvalue weighted by Gasteiger charge is -2.13. The standard InChI is InChI=1S/C32H27BO5S6/c34-30(21-10-12-24(13-11-21)33(35)36)38-14-5-16-39-27-19-41-31(43-27)32-42-20-28(44-32)40-17-15-37-29-25-8-3-1-6-22(25)18-23-7-2-4-9-26(23)29/h1-4,6-13,18-20,35-36H,5,14-17H2/b32-31+. The van der Waals surface area contributed by atoms with E-state index in [0.717, 1.165) is 34.4 Å². The van der Waals surface area contributed by atoms with Gasteiger partial charge < -0.3 is 19.5 Å². The second-order valence-corrected chi connectivity index (χ2v) is 16.7. The summed E-state index contributed by atoms with van der Waals surface area (Å²) in [6.07, 6.45) is 0.751. The van der Waals surface area contributed by atoms with Crippen molar-refractivity contribution >= 4 is 111 Å². The molecule has 0 saturated carbocycles. The van der Waals surface area contributed by atoms with E-state index in [1.165, 1.54) is 52.0 Å². The van der Waals surface area contributed by atoms with Crippen LogP contribution in [0.5, 0.6) is 5.75 Å². The molecule has 0 fully saturated rings. The van der Waals surface area contributed by atoms with Gasteiger partial charge in [-0.1, -0.05) is 108 Å². The Morgan fingerprint density at radius 3 is 1.95 bits per heavy atom. The lowest BCUT2D eigenvalue weighted by atomic mass is 9.80. The number of ether oxygens (including phenoxy) is 2. The maximum Gasteiger partial charge on any atom is 0.488 e. The Kier molecular flexibility index (Phi) is 11.3. The molecule has 4 aromatic carbocycles. The molecular weight excluding hydrogens is 668 g/mol. The van der Waals surface area contributed by atoms with Crippen molar-refractivity contribution in [3.8, 4) is 5.75 Å². The van der Waals surface area contributed by atoms with Gasteiger partial charge in [-0.2, -0.15) is 0 Å². The van der Waals surface area contributed by atoms with E-state index in [4.69, 9.17) is 9.47 Å². The highest BCUT2D eigenvalue weighted by Gasteiger charge is 2.22. The van der Waals surface area contributed by atoms with E-state index in [2.05, 4.69) is 65.4 Å². The SMILES string of the molecule is O=C(OCCCSC1=CS/C(=C2/SC=C(SCCOc3c4ccccc4cc4ccccc34)S2)S1)c1ccc(B(O)O)cc1. The molecule has 4 aromatic rings. The van der Waals surface area contributed by atoms with E-state index in [1.54, 1.807) is 35.3 Å². The Morgan fingerprint density at radius 1 is 0.750 bits per heavy atom. The van der Waals surface area contributed by atoms with Crippen LogP contribution in [0.4, 0.5) is 0 Å². The molecule has 0 spiro atoms. The van der Waals surface area contributed by atoms with Crippen LogP contribution in [0.2, 0.25) is 0 Å². The molecule has 0 amide bonds. The van der Waals surface area contributed by atoms with E-state index in [-0.39, 0.29) is 0 Å². The van der Waals surface area contributed by atoms with Gasteiger partial charge in [-0.25, -0.2) is 4.79 Å². The highest BCUT2D eigenvalue weighted by molar-refractivity contribution is 8.40. The third-order valence-corrected chi connectivity index (χ3v) is 14.6. The average Bonchev–Trinajstić information content (AvgIpc) is 3.72. The van der Waals surface area contributed by atoms with Gasteiger partial charge in [-0.15, -0.1) is 23.5 Å². The lowest BCUT2D eigenvalue weighted by molar-refractivity contribution is 0.0506. The minimum Gasteiger partial charge on any atom is -0.491 e. The second-order valence-electron chi connectivity index (χ2n) is 9.57. The van der Waals surface area contributed by atoms with Crippen LogP contribution in [-0.4, -0.2) is 47.9 Å². The zero-order valence-electron chi connectivity index (χ0n) is 23.3. The predicted octanol–water partition coefficient (Wildman–Crippen LogP) is 8.45. The number of hydrogen-bond acceptors (Lipinski definition) is 11. The molecule has 0 atom stereocenters. The molecule has 0 aromatic heterocycles. The largest absolute Gasteiger partial charge is 0.491 e. The first-order chi connectivity index (χ1) is 21.5. The van der Waals surface area contributed by atoms with E-state index in [1.807, 2.05) is 35.3 Å². The predicted molar refractivity (Wildman–Crippen MR) is 197 cm³/mol. The third-order valence-electron chi connectivity index (χ3n) is 6.58. The van der Waals surface area contributed by atoms with Crippen molar-refractivity contribution in [2.75, 3.05) is 24.7 Å². The molecule has 0 saturated heterocycles. The minimum atomic E-state index is -1.55. The van der Waals surface area contributed by atoms with Crippen LogP contribution in [-0.2, 0) is 4.74 Å². The van der Waals surface area contributed by atoms with Crippen LogP contribution in [0.15, 0.2) is 107 Å². The van der Waals surface area contributed by atoms with Gasteiger partial charge in [0.15, 0.2) is 0 Å². The van der Waals surface area contributed by atoms with Crippen molar-refractivity contribution in [1.29, 1.82) is 0 Å². The highest BCUT2D eigenvalue weighted by Crippen LogP contribution is 2.58. The van der Waals surface area contributed by atoms with Gasteiger partial charge in [0, 0.05) is 22.3 Å². The lowest BCUT2D eigenvalue weighted by Crippen LogP contribution is -2.29. The van der Waals surface area contributed by atoms with Gasteiger partial charge in [0.1, 0.15) is 5.75 Å². The molecule has 0 radical (unpaired) electrons. The van der Waals surface area contributed by atoms with Gasteiger partial charge in [0.05, 0.1) is 35.7 Å². The first kappa shape index (κ1) is 31.9. The number of hydrogen-bond donors (Lipinski definition) is 2. The number of thioether (sulfide) groups is 6. The molecular formula is C32H27BO5S6. The van der Waals surface area contributed by atoms with Gasteiger partial charge >= 0.3 is 13.1 Å². The molecule has 2 N–H and O–H groups in total. The van der Waals surface area contributed by atoms with Gasteiger partial charge in [0.25, 0.3) is 0 Å². The zero-order chi connectivity index (χ0) is 30.3. The molecule has 44 heavy (non-hydrogen) atoms. The molecule has 2 aliphatic heterocycles. The summed E-state index contributed by atoms with van der Waals surface area (Å²) in [5.74, 6) is 2.29. The summed E-state index contributed by atoms with van der Waals surface area (Å²) < 4.78 is 17.0. The Bertz CT molecular complexity index is 1700. The molecule has 5 nitrogen and oxygen atoms in total. The molecule has 224 valence electrons. The fraction of sp³-hybridized carbons (Fsp3) is 0.156. The summed E-state index contributed by atoms with van der Waals surface area (Å²) in [7, 11) is -1.55. The van der Waals surface area contributed by atoms with Gasteiger partial charge in [-0.3, -0.25) is 0 Å². The Hall–Kier alpha value is -2.03. The van der Waals surface area contributed by atoms with Crippen LogP contribution in [0.1, 0.15) is 16.8 Å². The number of esters is 1. The summed E-state index contributed by atoms with van der Waals surface area (Å²) in [6, 6.07) is 25.1. The van der Waals surface area contributed by atoms with Gasteiger partial charge in [-0.05, 0) is 51.7 Å². The van der Waals surface area contributed by atoms with Crippen molar-refractivity contribution in [1.82, 2.24) is 0 Å². The van der Waals surface area contributed by atoms with Crippen LogP contribution >= 0.6 is 70.6 Å². The molecule has 2 aliphatic rings. The smallest absolute Gasteiger partial charge is 0.488 e. The summed E-state index contributed by atoms with van der Waals surface area (Å²) in [6.45, 7) is 0.976. The summed E-state index contributed by atoms with van der Waals surface area (Å²) in [4.78, 5) is 12.2. The summed E-state index contributed by atoms with van der Waals surface area (Å²) >= 11 is 10.8. The average molecular weight is 695 g/mol. The fourth-order valence-corrected chi connectivity index (χ4v) is 12.0. The quantitative estimate of drug-likeness (QED) is 0.0650. The van der Waals surface area contributed by atoms with Crippen molar-refractivity contribution in [3.63, 3.8) is 0 Å². The summed E-state index contributed by atoms with van der Waals surface area (Å²) in [5, 5.41) is 27.5. The van der Waals surface area contributed by atoms with Crippen LogP contribution < -0.4 is 10.2 Å². The maximum absolute atomic E-state index is 12.2. The highest BCUT2D eigenvalue weighted by atomic mass is 32.2. The van der Waals surface area contributed by atoms with E-state index in [9.17, 15) is 14.8 Å². The number of benzene rings is 4. The normalized spacial score (nSPS) is 16.3. The van der Waals surface area contributed by atoms with Crippen molar-refractivity contribution in [2.45, 2.75) is 6.42 Å². The van der Waals surface area contributed by atoms with Crippen molar-refractivity contribution in [3.05, 3.63) is 112 Å². The number of rotatable bonds is 12. The maximum atomic E-state index is 12.2. The van der Waals surface area contributed by atoms with Crippen molar-refractivity contribution < 1.29 is 24.3 Å². The number of carbonyl (C=O) groups is 1. The molecule has 2 heterocycles. The van der Waals surface area contributed by atoms with Crippen LogP contribution in [0.25, 0.3) is 21.5 Å². The fourth-order valence-electron chi connectivity index (χ4n) is 4.47. The first-order valence-electron chi connectivity index (χ1n) is 13.8.